The molecule has 0 saturated heterocycles. The van der Waals surface area contributed by atoms with E-state index < -0.39 is 6.09 Å². The van der Waals surface area contributed by atoms with Gasteiger partial charge in [0.1, 0.15) is 11.4 Å². The molecule has 0 fully saturated rings. The maximum atomic E-state index is 13.3. The predicted molar refractivity (Wildman–Crippen MR) is 130 cm³/mol. The van der Waals surface area contributed by atoms with Crippen molar-refractivity contribution in [1.29, 1.82) is 0 Å². The van der Waals surface area contributed by atoms with E-state index in [1.807, 2.05) is 54.7 Å². The third-order valence-electron chi connectivity index (χ3n) is 5.57. The number of nitrogens with two attached hydrogens (primary N) is 1. The van der Waals surface area contributed by atoms with E-state index in [1.165, 1.54) is 0 Å². The number of benzene rings is 3. The number of imidazole rings is 1. The number of H-pyrrole nitrogens is 1. The van der Waals surface area contributed by atoms with Gasteiger partial charge in [-0.15, -0.1) is 0 Å². The first-order valence-corrected chi connectivity index (χ1v) is 10.9. The van der Waals surface area contributed by atoms with Crippen molar-refractivity contribution in [2.45, 2.75) is 12.8 Å². The van der Waals surface area contributed by atoms with Crippen molar-refractivity contribution >= 4 is 6.09 Å². The van der Waals surface area contributed by atoms with Gasteiger partial charge in [0, 0.05) is 19.0 Å². The Morgan fingerprint density at radius 3 is 2.21 bits per heavy atom. The summed E-state index contributed by atoms with van der Waals surface area (Å²) in [6.45, 7) is 0. The summed E-state index contributed by atoms with van der Waals surface area (Å²) in [6.07, 6.45) is 1.90. The van der Waals surface area contributed by atoms with E-state index in [0.29, 0.717) is 30.1 Å². The Balaban J connectivity index is 1.56. The van der Waals surface area contributed by atoms with E-state index >= 15 is 0 Å². The molecule has 3 N–H and O–H groups in total. The van der Waals surface area contributed by atoms with Crippen LogP contribution < -0.4 is 16.0 Å². The van der Waals surface area contributed by atoms with Crippen LogP contribution >= 0.6 is 0 Å². The third-order valence-corrected chi connectivity index (χ3v) is 5.57. The molecule has 0 spiro atoms. The fourth-order valence-electron chi connectivity index (χ4n) is 3.96. The topological polar surface area (TPSA) is 103 Å². The highest BCUT2D eigenvalue weighted by molar-refractivity contribution is 5.68. The summed E-state index contributed by atoms with van der Waals surface area (Å²) < 4.78 is 6.49. The standard InChI is InChI=1S/C27H22N4O3/c28-27(33)34-21-13-11-19(12-14-21)16-23-26(32)31-17-24(20-9-5-2-6-10-20)29-22(25(31)30-23)15-18-7-3-1-4-8-18/h1-14,17,29H,15-16H2,(H2,28,33). The van der Waals surface area contributed by atoms with E-state index in [2.05, 4.69) is 17.1 Å². The maximum Gasteiger partial charge on any atom is 0.409 e. The minimum absolute atomic E-state index is 0.159. The van der Waals surface area contributed by atoms with E-state index in [-0.39, 0.29) is 5.56 Å². The minimum Gasteiger partial charge on any atom is -0.411 e. The molecular formula is C27H22N4O3. The summed E-state index contributed by atoms with van der Waals surface area (Å²) in [5.74, 6) is 0.957. The van der Waals surface area contributed by atoms with Gasteiger partial charge in [-0.1, -0.05) is 72.8 Å². The average molecular weight is 450 g/mol. The molecule has 0 atom stereocenters. The van der Waals surface area contributed by atoms with Crippen LogP contribution in [-0.2, 0) is 12.8 Å². The third kappa shape index (κ3) is 4.45. The maximum absolute atomic E-state index is 13.3. The van der Waals surface area contributed by atoms with Crippen LogP contribution in [-0.4, -0.2) is 20.6 Å². The Morgan fingerprint density at radius 2 is 1.53 bits per heavy atom. The van der Waals surface area contributed by atoms with Gasteiger partial charge in [-0.05, 0) is 28.8 Å². The van der Waals surface area contributed by atoms with E-state index in [0.717, 1.165) is 28.1 Å². The molecular weight excluding hydrogens is 428 g/mol. The predicted octanol–water partition coefficient (Wildman–Crippen LogP) is 4.30. The molecule has 0 saturated carbocycles. The summed E-state index contributed by atoms with van der Waals surface area (Å²) in [7, 11) is 0. The van der Waals surface area contributed by atoms with Gasteiger partial charge in [0.15, 0.2) is 5.82 Å². The van der Waals surface area contributed by atoms with E-state index in [4.69, 9.17) is 15.5 Å². The number of hydrogen-bond acceptors (Lipinski definition) is 4. The van der Waals surface area contributed by atoms with Crippen molar-refractivity contribution in [3.8, 4) is 22.8 Å². The number of fused-ring (bicyclic) bond motifs is 1. The van der Waals surface area contributed by atoms with Crippen LogP contribution in [0.5, 0.6) is 5.75 Å². The van der Waals surface area contributed by atoms with Gasteiger partial charge in [-0.2, -0.15) is 0 Å². The Morgan fingerprint density at radius 1 is 0.882 bits per heavy atom. The van der Waals surface area contributed by atoms with Gasteiger partial charge in [-0.3, -0.25) is 9.36 Å². The van der Waals surface area contributed by atoms with Crippen molar-refractivity contribution in [3.63, 3.8) is 0 Å². The molecule has 1 amide bonds. The molecule has 0 bridgehead atoms. The average Bonchev–Trinajstić information content (AvgIpc) is 3.17. The zero-order valence-electron chi connectivity index (χ0n) is 18.3. The number of primary amides is 1. The van der Waals surface area contributed by atoms with Gasteiger partial charge < -0.3 is 15.5 Å². The van der Waals surface area contributed by atoms with Crippen LogP contribution in [0.4, 0.5) is 4.79 Å². The summed E-state index contributed by atoms with van der Waals surface area (Å²) in [5.41, 5.74) is 10.0. The summed E-state index contributed by atoms with van der Waals surface area (Å²) in [4.78, 5) is 32.5. The lowest BCUT2D eigenvalue weighted by molar-refractivity contribution is 0.211. The van der Waals surface area contributed by atoms with Gasteiger partial charge in [0.2, 0.25) is 0 Å². The van der Waals surface area contributed by atoms with Crippen LogP contribution in [0.25, 0.3) is 17.1 Å². The quantitative estimate of drug-likeness (QED) is 0.402. The van der Waals surface area contributed by atoms with Crippen molar-refractivity contribution in [2.75, 3.05) is 0 Å². The smallest absolute Gasteiger partial charge is 0.409 e. The summed E-state index contributed by atoms with van der Waals surface area (Å²) >= 11 is 0. The van der Waals surface area contributed by atoms with Gasteiger partial charge in [0.05, 0.1) is 11.4 Å². The normalized spacial score (nSPS) is 10.9. The number of ether oxygens (including phenoxy) is 1. The van der Waals surface area contributed by atoms with Crippen LogP contribution in [0.1, 0.15) is 22.5 Å². The number of aromatic amines is 1. The molecule has 3 aromatic rings. The number of carbonyl (C=O) groups is 1. The molecule has 0 radical (unpaired) electrons. The SMILES string of the molecule is NC(=O)Oc1ccc(Cc2nc3c(Cc4ccccc4)[nH]c(-c4ccccc4)cn-3c2=O)cc1. The molecule has 0 aliphatic carbocycles. The number of nitrogens with one attached hydrogen (secondary N) is 1. The number of amides is 1. The van der Waals surface area contributed by atoms with E-state index in [9.17, 15) is 9.59 Å². The summed E-state index contributed by atoms with van der Waals surface area (Å²) in [6, 6.07) is 26.8. The van der Waals surface area contributed by atoms with Crippen molar-refractivity contribution in [3.05, 3.63) is 124 Å². The lowest BCUT2D eigenvalue weighted by atomic mass is 10.1. The monoisotopic (exact) mass is 450 g/mol. The highest BCUT2D eigenvalue weighted by atomic mass is 16.5. The first-order chi connectivity index (χ1) is 16.6. The molecule has 2 aliphatic rings. The van der Waals surface area contributed by atoms with Crippen LogP contribution in [0.3, 0.4) is 0 Å². The van der Waals surface area contributed by atoms with E-state index in [1.54, 1.807) is 28.8 Å². The Kier molecular flexibility index (Phi) is 5.66. The molecule has 3 aromatic carbocycles. The first-order valence-electron chi connectivity index (χ1n) is 10.9. The van der Waals surface area contributed by atoms with Crippen molar-refractivity contribution in [2.24, 2.45) is 5.73 Å². The second-order valence-electron chi connectivity index (χ2n) is 7.97. The highest BCUT2D eigenvalue weighted by Gasteiger charge is 2.20. The first kappa shape index (κ1) is 21.2. The summed E-state index contributed by atoms with van der Waals surface area (Å²) in [5, 5.41) is 0. The second-order valence-corrected chi connectivity index (χ2v) is 7.97. The largest absolute Gasteiger partial charge is 0.411 e. The second kappa shape index (κ2) is 9.07. The molecule has 7 nitrogen and oxygen atoms in total. The number of hydrogen-bond donors (Lipinski definition) is 2. The highest BCUT2D eigenvalue weighted by Crippen LogP contribution is 2.24. The Labute approximate surface area is 195 Å². The van der Waals surface area contributed by atoms with Gasteiger partial charge >= 0.3 is 6.09 Å². The van der Waals surface area contributed by atoms with Crippen molar-refractivity contribution in [1.82, 2.24) is 14.5 Å². The number of nitrogens with zero attached hydrogens (tertiary/aromatic N) is 2. The van der Waals surface area contributed by atoms with Crippen LogP contribution in [0, 0.1) is 0 Å². The van der Waals surface area contributed by atoms with Crippen LogP contribution in [0.15, 0.2) is 95.9 Å². The molecule has 5 rings (SSSR count). The minimum atomic E-state index is -0.869. The lowest BCUT2D eigenvalue weighted by Gasteiger charge is -2.13. The zero-order valence-corrected chi connectivity index (χ0v) is 18.3. The number of aromatic nitrogens is 3. The molecule has 168 valence electrons. The van der Waals surface area contributed by atoms with Gasteiger partial charge in [0.25, 0.3) is 5.56 Å². The number of rotatable bonds is 6. The molecule has 0 aromatic heterocycles. The fourth-order valence-corrected chi connectivity index (χ4v) is 3.96. The molecule has 0 unspecified atom stereocenters. The number of carbonyl (C=O) groups excluding carboxylic acids is 1. The Bertz CT molecular complexity index is 1460. The van der Waals surface area contributed by atoms with Crippen molar-refractivity contribution < 1.29 is 9.53 Å². The molecule has 2 aliphatic heterocycles. The molecule has 7 heteroatoms. The van der Waals surface area contributed by atoms with Gasteiger partial charge in [-0.25, -0.2) is 9.78 Å². The Hall–Kier alpha value is -4.65. The molecule has 2 heterocycles. The fraction of sp³-hybridized carbons (Fsp3) is 0.0741. The zero-order chi connectivity index (χ0) is 23.5. The lowest BCUT2D eigenvalue weighted by Crippen LogP contribution is -2.18. The molecule has 34 heavy (non-hydrogen) atoms. The van der Waals surface area contributed by atoms with Crippen LogP contribution in [0.2, 0.25) is 0 Å².